The summed E-state index contributed by atoms with van der Waals surface area (Å²) in [6.07, 6.45) is 2.16. The van der Waals surface area contributed by atoms with Crippen molar-refractivity contribution in [2.45, 2.75) is 26.2 Å². The van der Waals surface area contributed by atoms with Crippen LogP contribution in [0.5, 0.6) is 0 Å². The number of nitrogens with one attached hydrogen (secondary N) is 1. The van der Waals surface area contributed by atoms with Crippen molar-refractivity contribution in [2.24, 2.45) is 0 Å². The molecule has 0 heterocycles. The minimum Gasteiger partial charge on any atom is -0.397 e. The monoisotopic (exact) mass is 302 g/mol. The van der Waals surface area contributed by atoms with Gasteiger partial charge in [-0.1, -0.05) is 24.9 Å². The van der Waals surface area contributed by atoms with E-state index in [0.717, 1.165) is 12.8 Å². The Labute approximate surface area is 121 Å². The summed E-state index contributed by atoms with van der Waals surface area (Å²) in [5.74, 6) is 0.842. The maximum Gasteiger partial charge on any atom is 0.225 e. The fourth-order valence-electron chi connectivity index (χ4n) is 1.46. The minimum absolute atomic E-state index is 0.196. The molecule has 0 radical (unpaired) electrons. The normalized spacial score (nSPS) is 12.1. The molecule has 0 aliphatic rings. The minimum atomic E-state index is -0.926. The number of carbonyl (C=O) groups is 1. The van der Waals surface area contributed by atoms with E-state index in [1.165, 1.54) is 0 Å². The van der Waals surface area contributed by atoms with E-state index in [2.05, 4.69) is 5.32 Å². The van der Waals surface area contributed by atoms with Crippen LogP contribution in [-0.2, 0) is 15.6 Å². The van der Waals surface area contributed by atoms with Crippen LogP contribution < -0.4 is 11.1 Å². The summed E-state index contributed by atoms with van der Waals surface area (Å²) in [6, 6.07) is 4.90. The predicted molar refractivity (Wildman–Crippen MR) is 81.9 cm³/mol. The Kier molecular flexibility index (Phi) is 6.87. The van der Waals surface area contributed by atoms with Crippen LogP contribution in [0.15, 0.2) is 18.2 Å². The number of carbonyl (C=O) groups excluding carboxylic acids is 1. The van der Waals surface area contributed by atoms with Crippen LogP contribution in [-0.4, -0.2) is 21.6 Å². The zero-order valence-corrected chi connectivity index (χ0v) is 12.5. The molecule has 0 saturated carbocycles. The standard InChI is InChI=1S/C13H19ClN2O2S/c1-2-3-7-19(18)8-6-13(17)16-12-9-10(14)4-5-11(12)15/h4-5,9H,2-3,6-8,15H2,1H3,(H,16,17). The molecule has 1 atom stereocenters. The first-order chi connectivity index (χ1) is 9.02. The Morgan fingerprint density at radius 2 is 2.16 bits per heavy atom. The lowest BCUT2D eigenvalue weighted by atomic mass is 10.2. The number of nitrogens with two attached hydrogens (primary N) is 1. The van der Waals surface area contributed by atoms with E-state index >= 15 is 0 Å². The molecule has 0 aliphatic heterocycles. The quantitative estimate of drug-likeness (QED) is 0.761. The number of halogens is 1. The Bertz CT molecular complexity index is 466. The Balaban J connectivity index is 2.43. The first kappa shape index (κ1) is 16.0. The number of hydrogen-bond donors (Lipinski definition) is 2. The number of amides is 1. The smallest absolute Gasteiger partial charge is 0.225 e. The summed E-state index contributed by atoms with van der Waals surface area (Å²) in [4.78, 5) is 11.7. The van der Waals surface area contributed by atoms with Crippen molar-refractivity contribution in [2.75, 3.05) is 22.6 Å². The maximum absolute atomic E-state index is 11.7. The third kappa shape index (κ3) is 6.07. The second kappa shape index (κ2) is 8.17. The van der Waals surface area contributed by atoms with Gasteiger partial charge in [0, 0.05) is 33.7 Å². The fourth-order valence-corrected chi connectivity index (χ4v) is 2.86. The van der Waals surface area contributed by atoms with Gasteiger partial charge in [-0.05, 0) is 24.6 Å². The lowest BCUT2D eigenvalue weighted by molar-refractivity contribution is -0.115. The van der Waals surface area contributed by atoms with Crippen LogP contribution in [0.25, 0.3) is 0 Å². The summed E-state index contributed by atoms with van der Waals surface area (Å²) in [7, 11) is -0.926. The van der Waals surface area contributed by atoms with E-state index in [0.29, 0.717) is 27.9 Å². The Morgan fingerprint density at radius 3 is 2.84 bits per heavy atom. The molecule has 3 N–H and O–H groups in total. The summed E-state index contributed by atoms with van der Waals surface area (Å²) < 4.78 is 11.6. The molecule has 0 bridgehead atoms. The molecule has 0 spiro atoms. The van der Waals surface area contributed by atoms with Gasteiger partial charge >= 0.3 is 0 Å². The van der Waals surface area contributed by atoms with E-state index in [1.54, 1.807) is 18.2 Å². The molecule has 1 aromatic rings. The fraction of sp³-hybridized carbons (Fsp3) is 0.462. The maximum atomic E-state index is 11.7. The van der Waals surface area contributed by atoms with Gasteiger partial charge in [0.2, 0.25) is 5.91 Å². The third-order valence-electron chi connectivity index (χ3n) is 2.57. The average Bonchev–Trinajstić information content (AvgIpc) is 2.38. The molecule has 6 heteroatoms. The van der Waals surface area contributed by atoms with E-state index in [9.17, 15) is 9.00 Å². The lowest BCUT2D eigenvalue weighted by Crippen LogP contribution is -2.16. The molecule has 4 nitrogen and oxygen atoms in total. The van der Waals surface area contributed by atoms with Gasteiger partial charge in [0.25, 0.3) is 0 Å². The van der Waals surface area contributed by atoms with Crippen LogP contribution in [0.3, 0.4) is 0 Å². The second-order valence-corrected chi connectivity index (χ2v) is 6.36. The SMILES string of the molecule is CCCCS(=O)CCC(=O)Nc1cc(Cl)ccc1N. The van der Waals surface area contributed by atoms with Gasteiger partial charge in [0.1, 0.15) is 0 Å². The van der Waals surface area contributed by atoms with Gasteiger partial charge in [0.15, 0.2) is 0 Å². The highest BCUT2D eigenvalue weighted by atomic mass is 35.5. The molecule has 0 saturated heterocycles. The number of rotatable bonds is 7. The van der Waals surface area contributed by atoms with Gasteiger partial charge in [-0.25, -0.2) is 0 Å². The van der Waals surface area contributed by atoms with Crippen LogP contribution in [0.1, 0.15) is 26.2 Å². The Morgan fingerprint density at radius 1 is 1.42 bits per heavy atom. The largest absolute Gasteiger partial charge is 0.397 e. The van der Waals surface area contributed by atoms with Gasteiger partial charge < -0.3 is 11.1 Å². The molecular formula is C13H19ClN2O2S. The number of hydrogen-bond acceptors (Lipinski definition) is 3. The summed E-state index contributed by atoms with van der Waals surface area (Å²) in [5, 5.41) is 3.19. The molecule has 1 aromatic carbocycles. The first-order valence-electron chi connectivity index (χ1n) is 6.22. The predicted octanol–water partition coefficient (Wildman–Crippen LogP) is 2.80. The van der Waals surface area contributed by atoms with Gasteiger partial charge in [-0.2, -0.15) is 0 Å². The van der Waals surface area contributed by atoms with Crippen molar-refractivity contribution in [3.8, 4) is 0 Å². The topological polar surface area (TPSA) is 72.2 Å². The molecule has 1 rings (SSSR count). The molecule has 0 fully saturated rings. The van der Waals surface area contributed by atoms with E-state index < -0.39 is 10.8 Å². The van der Waals surface area contributed by atoms with Crippen LogP contribution in [0, 0.1) is 0 Å². The highest BCUT2D eigenvalue weighted by Crippen LogP contribution is 2.22. The van der Waals surface area contributed by atoms with Gasteiger partial charge in [-0.15, -0.1) is 0 Å². The molecule has 1 unspecified atom stereocenters. The van der Waals surface area contributed by atoms with Crippen LogP contribution in [0.2, 0.25) is 5.02 Å². The second-order valence-electron chi connectivity index (χ2n) is 4.23. The molecular weight excluding hydrogens is 284 g/mol. The van der Waals surface area contributed by atoms with Crippen molar-refractivity contribution < 1.29 is 9.00 Å². The highest BCUT2D eigenvalue weighted by Gasteiger charge is 2.08. The molecule has 0 aromatic heterocycles. The van der Waals surface area contributed by atoms with E-state index in [4.69, 9.17) is 17.3 Å². The van der Waals surface area contributed by atoms with Crippen LogP contribution >= 0.6 is 11.6 Å². The van der Waals surface area contributed by atoms with Crippen molar-refractivity contribution in [3.63, 3.8) is 0 Å². The summed E-state index contributed by atoms with van der Waals surface area (Å²) in [6.45, 7) is 2.05. The average molecular weight is 303 g/mol. The summed E-state index contributed by atoms with van der Waals surface area (Å²) >= 11 is 5.83. The summed E-state index contributed by atoms with van der Waals surface area (Å²) in [5.41, 5.74) is 6.69. The van der Waals surface area contributed by atoms with Gasteiger partial charge in [0.05, 0.1) is 11.4 Å². The van der Waals surface area contributed by atoms with Crippen molar-refractivity contribution >= 4 is 39.7 Å². The first-order valence-corrected chi connectivity index (χ1v) is 8.09. The van der Waals surface area contributed by atoms with Crippen molar-refractivity contribution in [1.29, 1.82) is 0 Å². The van der Waals surface area contributed by atoms with E-state index in [-0.39, 0.29) is 12.3 Å². The van der Waals surface area contributed by atoms with Gasteiger partial charge in [-0.3, -0.25) is 9.00 Å². The number of nitrogen functional groups attached to an aromatic ring is 1. The number of unbranched alkanes of at least 4 members (excludes halogenated alkanes) is 1. The Hall–Kier alpha value is -1.07. The van der Waals surface area contributed by atoms with Crippen molar-refractivity contribution in [3.05, 3.63) is 23.2 Å². The van der Waals surface area contributed by atoms with Crippen molar-refractivity contribution in [1.82, 2.24) is 0 Å². The molecule has 1 amide bonds. The number of benzene rings is 1. The van der Waals surface area contributed by atoms with Crippen LogP contribution in [0.4, 0.5) is 11.4 Å². The lowest BCUT2D eigenvalue weighted by Gasteiger charge is -2.08. The zero-order chi connectivity index (χ0) is 14.3. The zero-order valence-electron chi connectivity index (χ0n) is 10.9. The number of anilines is 2. The van der Waals surface area contributed by atoms with E-state index in [1.807, 2.05) is 6.92 Å². The molecule has 19 heavy (non-hydrogen) atoms. The molecule has 0 aliphatic carbocycles. The highest BCUT2D eigenvalue weighted by molar-refractivity contribution is 7.84. The molecule has 106 valence electrons. The third-order valence-corrected chi connectivity index (χ3v) is 4.21.